The first-order valence-electron chi connectivity index (χ1n) is 4.47. The topological polar surface area (TPSA) is 55.1 Å². The van der Waals surface area contributed by atoms with Gasteiger partial charge in [0, 0.05) is 12.1 Å². The van der Waals surface area contributed by atoms with E-state index in [4.69, 9.17) is 5.73 Å². The third-order valence-corrected chi connectivity index (χ3v) is 1.73. The highest BCUT2D eigenvalue weighted by Gasteiger charge is 2.17. The van der Waals surface area contributed by atoms with E-state index in [1.54, 1.807) is 13.8 Å². The van der Waals surface area contributed by atoms with Crippen LogP contribution in [0.1, 0.15) is 24.2 Å². The van der Waals surface area contributed by atoms with Crippen molar-refractivity contribution >= 4 is 11.6 Å². The molecule has 0 aromatic heterocycles. The number of halogens is 2. The molecule has 0 atom stereocenters. The highest BCUT2D eigenvalue weighted by molar-refractivity contribution is 5.99. The normalized spacial score (nSPS) is 10.5. The second kappa shape index (κ2) is 4.25. The molecule has 0 unspecified atom stereocenters. The van der Waals surface area contributed by atoms with Crippen molar-refractivity contribution in [1.29, 1.82) is 0 Å². The Morgan fingerprint density at radius 1 is 1.40 bits per heavy atom. The van der Waals surface area contributed by atoms with Crippen molar-refractivity contribution in [2.24, 2.45) is 0 Å². The summed E-state index contributed by atoms with van der Waals surface area (Å²) in [6.07, 6.45) is 0. The van der Waals surface area contributed by atoms with Crippen LogP contribution in [0.25, 0.3) is 0 Å². The molecular formula is C10H12F2N2O. The summed E-state index contributed by atoms with van der Waals surface area (Å²) in [5.74, 6) is -2.39. The van der Waals surface area contributed by atoms with Crippen LogP contribution in [0, 0.1) is 11.6 Å². The minimum absolute atomic E-state index is 0.138. The van der Waals surface area contributed by atoms with E-state index in [1.165, 1.54) is 0 Å². The Kier molecular flexibility index (Phi) is 3.24. The number of nitrogens with two attached hydrogens (primary N) is 1. The highest BCUT2D eigenvalue weighted by atomic mass is 19.1. The van der Waals surface area contributed by atoms with Gasteiger partial charge in [-0.05, 0) is 19.9 Å². The van der Waals surface area contributed by atoms with Gasteiger partial charge in [0.15, 0.2) is 0 Å². The molecule has 0 aliphatic carbocycles. The van der Waals surface area contributed by atoms with Crippen molar-refractivity contribution in [3.05, 3.63) is 29.3 Å². The van der Waals surface area contributed by atoms with Crippen LogP contribution >= 0.6 is 0 Å². The SMILES string of the molecule is CC(C)NC(=O)c1c(N)cc(F)cc1F. The highest BCUT2D eigenvalue weighted by Crippen LogP contribution is 2.17. The third kappa shape index (κ3) is 2.65. The van der Waals surface area contributed by atoms with Crippen LogP contribution in [-0.4, -0.2) is 11.9 Å². The Morgan fingerprint density at radius 2 is 2.00 bits per heavy atom. The van der Waals surface area contributed by atoms with Gasteiger partial charge in [-0.1, -0.05) is 0 Å². The number of hydrogen-bond donors (Lipinski definition) is 2. The third-order valence-electron chi connectivity index (χ3n) is 1.73. The standard InChI is InChI=1S/C10H12F2N2O/c1-5(2)14-10(15)9-7(12)3-6(11)4-8(9)13/h3-5H,13H2,1-2H3,(H,14,15). The molecule has 3 nitrogen and oxygen atoms in total. The summed E-state index contributed by atoms with van der Waals surface area (Å²) in [6, 6.07) is 1.41. The molecule has 1 aromatic carbocycles. The molecule has 0 radical (unpaired) electrons. The number of benzene rings is 1. The summed E-state index contributed by atoms with van der Waals surface area (Å²) in [6.45, 7) is 3.46. The number of rotatable bonds is 2. The number of anilines is 1. The van der Waals surface area contributed by atoms with Crippen LogP contribution in [0.5, 0.6) is 0 Å². The van der Waals surface area contributed by atoms with Crippen molar-refractivity contribution in [2.75, 3.05) is 5.73 Å². The van der Waals surface area contributed by atoms with E-state index in [2.05, 4.69) is 5.32 Å². The van der Waals surface area contributed by atoms with Crippen LogP contribution in [0.15, 0.2) is 12.1 Å². The average molecular weight is 214 g/mol. The molecule has 82 valence electrons. The van der Waals surface area contributed by atoms with E-state index in [0.29, 0.717) is 6.07 Å². The molecule has 15 heavy (non-hydrogen) atoms. The van der Waals surface area contributed by atoms with Crippen LogP contribution in [0.4, 0.5) is 14.5 Å². The maximum absolute atomic E-state index is 13.2. The molecule has 0 bridgehead atoms. The lowest BCUT2D eigenvalue weighted by atomic mass is 10.1. The van der Waals surface area contributed by atoms with Crippen molar-refractivity contribution < 1.29 is 13.6 Å². The Hall–Kier alpha value is -1.65. The van der Waals surface area contributed by atoms with Crippen LogP contribution < -0.4 is 11.1 Å². The Labute approximate surface area is 86.3 Å². The molecule has 1 rings (SSSR count). The number of carbonyl (C=O) groups excluding carboxylic acids is 1. The van der Waals surface area contributed by atoms with Gasteiger partial charge in [-0.15, -0.1) is 0 Å². The minimum Gasteiger partial charge on any atom is -0.398 e. The first-order chi connectivity index (χ1) is 6.91. The second-order valence-corrected chi connectivity index (χ2v) is 3.48. The molecule has 0 aliphatic heterocycles. The first kappa shape index (κ1) is 11.4. The van der Waals surface area contributed by atoms with E-state index in [1.807, 2.05) is 0 Å². The fourth-order valence-corrected chi connectivity index (χ4v) is 1.17. The van der Waals surface area contributed by atoms with Gasteiger partial charge in [0.05, 0.1) is 11.3 Å². The summed E-state index contributed by atoms with van der Waals surface area (Å²) in [4.78, 5) is 11.5. The van der Waals surface area contributed by atoms with Gasteiger partial charge in [0.1, 0.15) is 11.6 Å². The molecular weight excluding hydrogens is 202 g/mol. The van der Waals surface area contributed by atoms with Crippen LogP contribution in [0.3, 0.4) is 0 Å². The van der Waals surface area contributed by atoms with E-state index < -0.39 is 17.5 Å². The minimum atomic E-state index is -0.953. The predicted molar refractivity (Wildman–Crippen MR) is 53.4 cm³/mol. The van der Waals surface area contributed by atoms with Gasteiger partial charge in [-0.25, -0.2) is 8.78 Å². The summed E-state index contributed by atoms with van der Waals surface area (Å²) in [5, 5.41) is 2.48. The van der Waals surface area contributed by atoms with Gasteiger partial charge in [-0.2, -0.15) is 0 Å². The summed E-state index contributed by atoms with van der Waals surface area (Å²) in [5.41, 5.74) is 4.84. The van der Waals surface area contributed by atoms with Gasteiger partial charge in [0.25, 0.3) is 5.91 Å². The molecule has 3 N–H and O–H groups in total. The monoisotopic (exact) mass is 214 g/mol. The fourth-order valence-electron chi connectivity index (χ4n) is 1.17. The van der Waals surface area contributed by atoms with Crippen molar-refractivity contribution in [2.45, 2.75) is 19.9 Å². The molecule has 0 aliphatic rings. The zero-order chi connectivity index (χ0) is 11.6. The van der Waals surface area contributed by atoms with E-state index in [0.717, 1.165) is 6.07 Å². The lowest BCUT2D eigenvalue weighted by Gasteiger charge is -2.10. The van der Waals surface area contributed by atoms with Gasteiger partial charge < -0.3 is 11.1 Å². The number of nitrogen functional groups attached to an aromatic ring is 1. The largest absolute Gasteiger partial charge is 0.398 e. The van der Waals surface area contributed by atoms with Crippen LogP contribution in [-0.2, 0) is 0 Å². The molecule has 0 saturated heterocycles. The van der Waals surface area contributed by atoms with Gasteiger partial charge in [0.2, 0.25) is 0 Å². The molecule has 0 spiro atoms. The molecule has 0 fully saturated rings. The zero-order valence-electron chi connectivity index (χ0n) is 8.47. The summed E-state index contributed by atoms with van der Waals surface area (Å²) >= 11 is 0. The Morgan fingerprint density at radius 3 is 2.47 bits per heavy atom. The number of nitrogens with one attached hydrogen (secondary N) is 1. The summed E-state index contributed by atoms with van der Waals surface area (Å²) < 4.78 is 25.9. The summed E-state index contributed by atoms with van der Waals surface area (Å²) in [7, 11) is 0. The lowest BCUT2D eigenvalue weighted by molar-refractivity contribution is 0.0940. The van der Waals surface area contributed by atoms with E-state index in [-0.39, 0.29) is 17.3 Å². The Bertz CT molecular complexity index is 368. The van der Waals surface area contributed by atoms with Crippen LogP contribution in [0.2, 0.25) is 0 Å². The smallest absolute Gasteiger partial charge is 0.256 e. The van der Waals surface area contributed by atoms with Crippen molar-refractivity contribution in [1.82, 2.24) is 5.32 Å². The lowest BCUT2D eigenvalue weighted by Crippen LogP contribution is -2.31. The molecule has 0 heterocycles. The molecule has 1 amide bonds. The molecule has 1 aromatic rings. The number of hydrogen-bond acceptors (Lipinski definition) is 2. The van der Waals surface area contributed by atoms with Gasteiger partial charge >= 0.3 is 0 Å². The second-order valence-electron chi connectivity index (χ2n) is 3.48. The Balaban J connectivity index is 3.09. The quantitative estimate of drug-likeness (QED) is 0.736. The van der Waals surface area contributed by atoms with Crippen molar-refractivity contribution in [3.8, 4) is 0 Å². The van der Waals surface area contributed by atoms with Gasteiger partial charge in [-0.3, -0.25) is 4.79 Å². The predicted octanol–water partition coefficient (Wildman–Crippen LogP) is 1.69. The average Bonchev–Trinajstić information content (AvgIpc) is 1.99. The molecule has 0 saturated carbocycles. The zero-order valence-corrected chi connectivity index (χ0v) is 8.47. The van der Waals surface area contributed by atoms with Crippen molar-refractivity contribution in [3.63, 3.8) is 0 Å². The number of amides is 1. The van der Waals surface area contributed by atoms with E-state index in [9.17, 15) is 13.6 Å². The maximum atomic E-state index is 13.2. The maximum Gasteiger partial charge on any atom is 0.256 e. The number of carbonyl (C=O) groups is 1. The first-order valence-corrected chi connectivity index (χ1v) is 4.47. The molecule has 5 heteroatoms. The fraction of sp³-hybridized carbons (Fsp3) is 0.300. The van der Waals surface area contributed by atoms with E-state index >= 15 is 0 Å².